The minimum atomic E-state index is 0.784. The van der Waals surface area contributed by atoms with Gasteiger partial charge in [-0.25, -0.2) is 9.50 Å². The van der Waals surface area contributed by atoms with Gasteiger partial charge in [0.1, 0.15) is 10.0 Å². The van der Waals surface area contributed by atoms with Crippen LogP contribution in [0.25, 0.3) is 5.65 Å². The molecule has 0 aromatic carbocycles. The van der Waals surface area contributed by atoms with E-state index in [0.717, 1.165) is 9.35 Å². The molecule has 0 amide bonds. The van der Waals surface area contributed by atoms with Crippen LogP contribution in [0.15, 0.2) is 18.7 Å². The lowest BCUT2D eigenvalue weighted by Gasteiger charge is -1.91. The summed E-state index contributed by atoms with van der Waals surface area (Å²) in [6.07, 6.45) is 4.93. The maximum absolute atomic E-state index is 3.98. The van der Waals surface area contributed by atoms with Crippen LogP contribution in [-0.2, 0) is 0 Å². The van der Waals surface area contributed by atoms with Crippen LogP contribution < -0.4 is 0 Å². The summed E-state index contributed by atoms with van der Waals surface area (Å²) in [4.78, 5) is 7.92. The van der Waals surface area contributed by atoms with Gasteiger partial charge in [-0.1, -0.05) is 0 Å². The molecule has 0 aliphatic carbocycles. The van der Waals surface area contributed by atoms with Gasteiger partial charge >= 0.3 is 0 Å². The molecule has 0 saturated carbocycles. The van der Waals surface area contributed by atoms with Crippen molar-refractivity contribution in [1.29, 1.82) is 0 Å². The van der Waals surface area contributed by atoms with E-state index in [1.165, 1.54) is 6.33 Å². The van der Waals surface area contributed by atoms with Gasteiger partial charge in [-0.2, -0.15) is 5.10 Å². The Balaban J connectivity index is 2.95. The average molecular weight is 246 g/mol. The van der Waals surface area contributed by atoms with Crippen molar-refractivity contribution < 1.29 is 0 Å². The first-order valence-electron chi connectivity index (χ1n) is 2.67. The maximum atomic E-state index is 3.98. The molecular formula is C5H3IN4. The molecule has 0 aliphatic rings. The summed E-state index contributed by atoms with van der Waals surface area (Å²) in [6, 6.07) is 0. The molecule has 0 bridgehead atoms. The van der Waals surface area contributed by atoms with Crippen LogP contribution in [0.2, 0.25) is 0 Å². The van der Waals surface area contributed by atoms with E-state index >= 15 is 0 Å². The lowest BCUT2D eigenvalue weighted by atomic mass is 10.7. The van der Waals surface area contributed by atoms with Crippen molar-refractivity contribution in [3.8, 4) is 0 Å². The molecule has 0 radical (unpaired) electrons. The summed E-state index contributed by atoms with van der Waals surface area (Å²) < 4.78 is 2.70. The first kappa shape index (κ1) is 6.02. The highest BCUT2D eigenvalue weighted by Crippen LogP contribution is 2.02. The fraction of sp³-hybridized carbons (Fsp3) is 0. The van der Waals surface area contributed by atoms with E-state index in [0.29, 0.717) is 0 Å². The third kappa shape index (κ3) is 0.772. The fourth-order valence-corrected chi connectivity index (χ4v) is 1.26. The Morgan fingerprint density at radius 3 is 3.10 bits per heavy atom. The Bertz CT molecular complexity index is 355. The van der Waals surface area contributed by atoms with Crippen LogP contribution >= 0.6 is 22.6 Å². The first-order valence-corrected chi connectivity index (χ1v) is 3.75. The summed E-state index contributed by atoms with van der Waals surface area (Å²) in [5, 5.41) is 3.98. The monoisotopic (exact) mass is 246 g/mol. The predicted octanol–water partition coefficient (Wildman–Crippen LogP) is 0.729. The van der Waals surface area contributed by atoms with Crippen molar-refractivity contribution in [3.63, 3.8) is 0 Å². The van der Waals surface area contributed by atoms with Gasteiger partial charge < -0.3 is 0 Å². The number of aromatic nitrogens is 4. The number of hydrogen-bond acceptors (Lipinski definition) is 3. The molecule has 0 aliphatic heterocycles. The van der Waals surface area contributed by atoms with Crippen LogP contribution in [0.4, 0.5) is 0 Å². The molecular weight excluding hydrogens is 243 g/mol. The topological polar surface area (TPSA) is 43.1 Å². The number of fused-ring (bicyclic) bond motifs is 1. The lowest BCUT2D eigenvalue weighted by Crippen LogP contribution is -1.92. The Labute approximate surface area is 70.4 Å². The average Bonchev–Trinajstić information content (AvgIpc) is 2.36. The van der Waals surface area contributed by atoms with Crippen molar-refractivity contribution in [2.45, 2.75) is 0 Å². The van der Waals surface area contributed by atoms with Gasteiger partial charge in [-0.15, -0.1) is 0 Å². The Morgan fingerprint density at radius 2 is 2.30 bits per heavy atom. The molecule has 5 heteroatoms. The number of nitrogens with zero attached hydrogens (tertiary/aromatic N) is 4. The summed E-state index contributed by atoms with van der Waals surface area (Å²) in [5.41, 5.74) is 0.784. The van der Waals surface area contributed by atoms with Gasteiger partial charge in [0.2, 0.25) is 0 Å². The van der Waals surface area contributed by atoms with Gasteiger partial charge in [0, 0.05) is 0 Å². The third-order valence-corrected chi connectivity index (χ3v) is 1.88. The zero-order chi connectivity index (χ0) is 6.97. The highest BCUT2D eigenvalue weighted by Gasteiger charge is 1.96. The quantitative estimate of drug-likeness (QED) is 0.643. The Morgan fingerprint density at radius 1 is 1.40 bits per heavy atom. The van der Waals surface area contributed by atoms with E-state index < -0.39 is 0 Å². The summed E-state index contributed by atoms with van der Waals surface area (Å²) in [6.45, 7) is 0. The molecule has 2 aromatic rings. The fourth-order valence-electron chi connectivity index (χ4n) is 0.723. The number of halogens is 1. The molecule has 4 nitrogen and oxygen atoms in total. The second-order valence-corrected chi connectivity index (χ2v) is 2.87. The van der Waals surface area contributed by atoms with E-state index in [2.05, 4.69) is 37.7 Å². The van der Waals surface area contributed by atoms with Crippen molar-refractivity contribution in [2.75, 3.05) is 0 Å². The molecule has 0 atom stereocenters. The van der Waals surface area contributed by atoms with Crippen LogP contribution in [-0.4, -0.2) is 19.6 Å². The first-order chi connectivity index (χ1) is 4.88. The van der Waals surface area contributed by atoms with E-state index in [1.54, 1.807) is 16.9 Å². The summed E-state index contributed by atoms with van der Waals surface area (Å²) in [7, 11) is 0. The zero-order valence-electron chi connectivity index (χ0n) is 4.90. The van der Waals surface area contributed by atoms with Crippen molar-refractivity contribution >= 4 is 28.2 Å². The minimum Gasteiger partial charge on any atom is -0.258 e. The molecule has 0 N–H and O–H groups in total. The molecule has 0 unspecified atom stereocenters. The second-order valence-electron chi connectivity index (χ2n) is 1.76. The molecule has 0 spiro atoms. The molecule has 2 rings (SSSR count). The molecule has 2 aromatic heterocycles. The normalized spacial score (nSPS) is 10.5. The van der Waals surface area contributed by atoms with Crippen LogP contribution in [0.3, 0.4) is 0 Å². The van der Waals surface area contributed by atoms with Crippen molar-refractivity contribution in [2.24, 2.45) is 0 Å². The highest BCUT2D eigenvalue weighted by molar-refractivity contribution is 14.1. The van der Waals surface area contributed by atoms with E-state index in [1.807, 2.05) is 0 Å². The van der Waals surface area contributed by atoms with Gasteiger partial charge in [0.05, 0.1) is 12.4 Å². The van der Waals surface area contributed by atoms with E-state index in [-0.39, 0.29) is 0 Å². The Kier molecular flexibility index (Phi) is 1.30. The summed E-state index contributed by atoms with van der Waals surface area (Å²) in [5.74, 6) is 0. The molecule has 50 valence electrons. The predicted molar refractivity (Wildman–Crippen MR) is 43.5 cm³/mol. The van der Waals surface area contributed by atoms with E-state index in [9.17, 15) is 0 Å². The second kappa shape index (κ2) is 2.15. The minimum absolute atomic E-state index is 0.784. The largest absolute Gasteiger partial charge is 0.258 e. The smallest absolute Gasteiger partial charge is 0.174 e. The number of rotatable bonds is 0. The SMILES string of the molecule is Ic1cncc2ncnn12. The van der Waals surface area contributed by atoms with Crippen LogP contribution in [0.1, 0.15) is 0 Å². The lowest BCUT2D eigenvalue weighted by molar-refractivity contribution is 0.916. The zero-order valence-corrected chi connectivity index (χ0v) is 7.06. The molecule has 0 saturated heterocycles. The van der Waals surface area contributed by atoms with Gasteiger partial charge in [0.15, 0.2) is 5.65 Å². The standard InChI is InChI=1S/C5H3IN4/c6-4-1-7-2-5-8-3-9-10(4)5/h1-3H. The van der Waals surface area contributed by atoms with Crippen molar-refractivity contribution in [3.05, 3.63) is 22.4 Å². The Hall–Kier alpha value is -0.720. The highest BCUT2D eigenvalue weighted by atomic mass is 127. The van der Waals surface area contributed by atoms with Crippen LogP contribution in [0.5, 0.6) is 0 Å². The maximum Gasteiger partial charge on any atom is 0.174 e. The van der Waals surface area contributed by atoms with Crippen LogP contribution in [0, 0.1) is 3.70 Å². The molecule has 2 heterocycles. The third-order valence-electron chi connectivity index (χ3n) is 1.15. The molecule has 0 fully saturated rings. The molecule has 10 heavy (non-hydrogen) atoms. The van der Waals surface area contributed by atoms with Gasteiger partial charge in [0.25, 0.3) is 0 Å². The van der Waals surface area contributed by atoms with Gasteiger partial charge in [-0.05, 0) is 22.6 Å². The number of hydrogen-bond donors (Lipinski definition) is 0. The van der Waals surface area contributed by atoms with Crippen molar-refractivity contribution in [1.82, 2.24) is 19.6 Å². The van der Waals surface area contributed by atoms with E-state index in [4.69, 9.17) is 0 Å². The van der Waals surface area contributed by atoms with Gasteiger partial charge in [-0.3, -0.25) is 4.98 Å². The summed E-state index contributed by atoms with van der Waals surface area (Å²) >= 11 is 2.15.